The van der Waals surface area contributed by atoms with E-state index in [2.05, 4.69) is 11.8 Å². The second-order valence-corrected chi connectivity index (χ2v) is 4.86. The van der Waals surface area contributed by atoms with E-state index in [1.807, 2.05) is 0 Å². The predicted octanol–water partition coefficient (Wildman–Crippen LogP) is 2.30. The quantitative estimate of drug-likeness (QED) is 0.677. The number of piperidine rings is 1. The highest BCUT2D eigenvalue weighted by Gasteiger charge is 2.25. The SMILES string of the molecule is CCCCCCCN1CCCCC1C(N)=O. The van der Waals surface area contributed by atoms with Crippen LogP contribution in [0, 0.1) is 0 Å². The van der Waals surface area contributed by atoms with E-state index in [0.717, 1.165) is 25.9 Å². The maximum absolute atomic E-state index is 11.3. The maximum atomic E-state index is 11.3. The van der Waals surface area contributed by atoms with E-state index >= 15 is 0 Å². The zero-order valence-corrected chi connectivity index (χ0v) is 10.6. The Morgan fingerprint density at radius 1 is 1.25 bits per heavy atom. The molecule has 1 amide bonds. The molecule has 0 spiro atoms. The zero-order chi connectivity index (χ0) is 11.8. The summed E-state index contributed by atoms with van der Waals surface area (Å²) in [7, 11) is 0. The van der Waals surface area contributed by atoms with Crippen LogP contribution in [-0.4, -0.2) is 29.9 Å². The first-order chi connectivity index (χ1) is 7.75. The summed E-state index contributed by atoms with van der Waals surface area (Å²) in [6, 6.07) is 0.0138. The van der Waals surface area contributed by atoms with Gasteiger partial charge in [-0.15, -0.1) is 0 Å². The van der Waals surface area contributed by atoms with Crippen molar-refractivity contribution >= 4 is 5.91 Å². The number of nitrogens with two attached hydrogens (primary N) is 1. The van der Waals surface area contributed by atoms with Crippen molar-refractivity contribution in [3.8, 4) is 0 Å². The molecule has 1 unspecified atom stereocenters. The van der Waals surface area contributed by atoms with Gasteiger partial charge in [0, 0.05) is 0 Å². The molecule has 0 saturated carbocycles. The third-order valence-electron chi connectivity index (χ3n) is 3.49. The van der Waals surface area contributed by atoms with Gasteiger partial charge < -0.3 is 5.73 Å². The van der Waals surface area contributed by atoms with Crippen LogP contribution in [0.25, 0.3) is 0 Å². The lowest BCUT2D eigenvalue weighted by atomic mass is 10.0. The fourth-order valence-corrected chi connectivity index (χ4v) is 2.50. The molecule has 1 rings (SSSR count). The van der Waals surface area contributed by atoms with Crippen LogP contribution < -0.4 is 5.73 Å². The minimum atomic E-state index is -0.131. The van der Waals surface area contributed by atoms with E-state index in [9.17, 15) is 4.79 Å². The molecule has 0 radical (unpaired) electrons. The van der Waals surface area contributed by atoms with Crippen LogP contribution in [0.15, 0.2) is 0 Å². The van der Waals surface area contributed by atoms with E-state index in [0.29, 0.717) is 0 Å². The van der Waals surface area contributed by atoms with Crippen LogP contribution in [0.4, 0.5) is 0 Å². The fraction of sp³-hybridized carbons (Fsp3) is 0.923. The second-order valence-electron chi connectivity index (χ2n) is 4.86. The molecule has 1 saturated heterocycles. The molecule has 0 bridgehead atoms. The fourth-order valence-electron chi connectivity index (χ4n) is 2.50. The third-order valence-corrected chi connectivity index (χ3v) is 3.49. The number of likely N-dealkylation sites (tertiary alicyclic amines) is 1. The normalized spacial score (nSPS) is 22.2. The summed E-state index contributed by atoms with van der Waals surface area (Å²) in [6.45, 7) is 4.34. The highest BCUT2D eigenvalue weighted by Crippen LogP contribution is 2.17. The van der Waals surface area contributed by atoms with Gasteiger partial charge >= 0.3 is 0 Å². The van der Waals surface area contributed by atoms with Gasteiger partial charge in [0.15, 0.2) is 0 Å². The Kier molecular flexibility index (Phi) is 6.46. The molecule has 0 aliphatic carbocycles. The van der Waals surface area contributed by atoms with Gasteiger partial charge in [0.25, 0.3) is 0 Å². The number of hydrogen-bond donors (Lipinski definition) is 1. The predicted molar refractivity (Wildman–Crippen MR) is 67.2 cm³/mol. The Balaban J connectivity index is 2.19. The molecule has 2 N–H and O–H groups in total. The summed E-state index contributed by atoms with van der Waals surface area (Å²) in [5.74, 6) is -0.131. The van der Waals surface area contributed by atoms with E-state index in [-0.39, 0.29) is 11.9 Å². The molecular weight excluding hydrogens is 200 g/mol. The Morgan fingerprint density at radius 2 is 2.00 bits per heavy atom. The van der Waals surface area contributed by atoms with E-state index in [1.165, 1.54) is 38.5 Å². The van der Waals surface area contributed by atoms with Crippen molar-refractivity contribution in [2.45, 2.75) is 64.3 Å². The van der Waals surface area contributed by atoms with Gasteiger partial charge in [-0.3, -0.25) is 9.69 Å². The number of primary amides is 1. The summed E-state index contributed by atoms with van der Waals surface area (Å²) in [6.07, 6.45) is 9.78. The van der Waals surface area contributed by atoms with Gasteiger partial charge in [0.1, 0.15) is 0 Å². The van der Waals surface area contributed by atoms with Crippen LogP contribution >= 0.6 is 0 Å². The average molecular weight is 226 g/mol. The van der Waals surface area contributed by atoms with Gasteiger partial charge in [-0.2, -0.15) is 0 Å². The van der Waals surface area contributed by atoms with Crippen LogP contribution in [0.3, 0.4) is 0 Å². The molecule has 1 aliphatic heterocycles. The Morgan fingerprint density at radius 3 is 2.69 bits per heavy atom. The zero-order valence-electron chi connectivity index (χ0n) is 10.6. The van der Waals surface area contributed by atoms with Crippen molar-refractivity contribution in [1.82, 2.24) is 4.90 Å². The second kappa shape index (κ2) is 7.66. The summed E-state index contributed by atoms with van der Waals surface area (Å²) in [5, 5.41) is 0. The van der Waals surface area contributed by atoms with E-state index in [1.54, 1.807) is 0 Å². The molecule has 3 nitrogen and oxygen atoms in total. The molecule has 1 atom stereocenters. The van der Waals surface area contributed by atoms with Crippen molar-refractivity contribution in [2.75, 3.05) is 13.1 Å². The number of amides is 1. The Bertz CT molecular complexity index is 206. The first-order valence-electron chi connectivity index (χ1n) is 6.79. The first-order valence-corrected chi connectivity index (χ1v) is 6.79. The lowest BCUT2D eigenvalue weighted by molar-refractivity contribution is -0.124. The molecule has 1 aliphatic rings. The Hall–Kier alpha value is -0.570. The lowest BCUT2D eigenvalue weighted by Crippen LogP contribution is -2.47. The summed E-state index contributed by atoms with van der Waals surface area (Å²) in [4.78, 5) is 13.6. The van der Waals surface area contributed by atoms with Crippen molar-refractivity contribution < 1.29 is 4.79 Å². The number of hydrogen-bond acceptors (Lipinski definition) is 2. The summed E-state index contributed by atoms with van der Waals surface area (Å²) >= 11 is 0. The van der Waals surface area contributed by atoms with Crippen LogP contribution in [0.2, 0.25) is 0 Å². The van der Waals surface area contributed by atoms with Gasteiger partial charge in [0.05, 0.1) is 6.04 Å². The van der Waals surface area contributed by atoms with E-state index in [4.69, 9.17) is 5.73 Å². The Labute approximate surface area is 99.4 Å². The van der Waals surface area contributed by atoms with Crippen molar-refractivity contribution in [3.05, 3.63) is 0 Å². The number of nitrogens with zero attached hydrogens (tertiary/aromatic N) is 1. The number of carbonyl (C=O) groups is 1. The third kappa shape index (κ3) is 4.52. The lowest BCUT2D eigenvalue weighted by Gasteiger charge is -2.33. The van der Waals surface area contributed by atoms with Crippen molar-refractivity contribution in [2.24, 2.45) is 5.73 Å². The molecule has 0 aromatic heterocycles. The van der Waals surface area contributed by atoms with Crippen molar-refractivity contribution in [1.29, 1.82) is 0 Å². The average Bonchev–Trinajstić information content (AvgIpc) is 2.29. The molecule has 1 fully saturated rings. The van der Waals surface area contributed by atoms with Gasteiger partial charge in [-0.1, -0.05) is 39.0 Å². The molecule has 3 heteroatoms. The standard InChI is InChI=1S/C13H26N2O/c1-2-3-4-5-7-10-15-11-8-6-9-12(15)13(14)16/h12H,2-11H2,1H3,(H2,14,16). The van der Waals surface area contributed by atoms with Crippen molar-refractivity contribution in [3.63, 3.8) is 0 Å². The van der Waals surface area contributed by atoms with Crippen LogP contribution in [0.1, 0.15) is 58.3 Å². The topological polar surface area (TPSA) is 46.3 Å². The minimum absolute atomic E-state index is 0.0138. The monoisotopic (exact) mass is 226 g/mol. The highest BCUT2D eigenvalue weighted by atomic mass is 16.1. The molecule has 1 heterocycles. The molecule has 94 valence electrons. The van der Waals surface area contributed by atoms with E-state index < -0.39 is 0 Å². The summed E-state index contributed by atoms with van der Waals surface area (Å²) in [5.41, 5.74) is 5.43. The number of rotatable bonds is 7. The van der Waals surface area contributed by atoms with Gasteiger partial charge in [-0.25, -0.2) is 0 Å². The van der Waals surface area contributed by atoms with Crippen LogP contribution in [-0.2, 0) is 4.79 Å². The smallest absolute Gasteiger partial charge is 0.234 e. The largest absolute Gasteiger partial charge is 0.368 e. The first kappa shape index (κ1) is 13.5. The number of carbonyl (C=O) groups excluding carboxylic acids is 1. The molecule has 0 aromatic carbocycles. The molecule has 16 heavy (non-hydrogen) atoms. The van der Waals surface area contributed by atoms with Gasteiger partial charge in [-0.05, 0) is 32.4 Å². The number of unbranched alkanes of at least 4 members (excludes halogenated alkanes) is 4. The molecule has 0 aromatic rings. The molecular formula is C13H26N2O. The minimum Gasteiger partial charge on any atom is -0.368 e. The highest BCUT2D eigenvalue weighted by molar-refractivity contribution is 5.79. The van der Waals surface area contributed by atoms with Gasteiger partial charge in [0.2, 0.25) is 5.91 Å². The summed E-state index contributed by atoms with van der Waals surface area (Å²) < 4.78 is 0. The van der Waals surface area contributed by atoms with Crippen LogP contribution in [0.5, 0.6) is 0 Å². The maximum Gasteiger partial charge on any atom is 0.234 e.